The van der Waals surface area contributed by atoms with Crippen molar-refractivity contribution in [2.75, 3.05) is 0 Å². The van der Waals surface area contributed by atoms with E-state index >= 15 is 0 Å². The smallest absolute Gasteiger partial charge is 0.159 e. The van der Waals surface area contributed by atoms with Crippen molar-refractivity contribution in [3.63, 3.8) is 0 Å². The van der Waals surface area contributed by atoms with Gasteiger partial charge in [0.05, 0.1) is 0 Å². The molecule has 0 aliphatic rings. The summed E-state index contributed by atoms with van der Waals surface area (Å²) >= 11 is 0. The highest BCUT2D eigenvalue weighted by molar-refractivity contribution is 5.17. The quantitative estimate of drug-likeness (QED) is 0.549. The van der Waals surface area contributed by atoms with Gasteiger partial charge in [-0.1, -0.05) is 19.4 Å². The lowest BCUT2D eigenvalue weighted by Crippen LogP contribution is -1.88. The molecule has 0 aliphatic carbocycles. The SMILES string of the molecule is CCCc1ccc(F)c(F)c1.F.FF.FF.FF.FF. The van der Waals surface area contributed by atoms with Gasteiger partial charge in [-0.25, -0.2) is 8.78 Å². The molecule has 0 aliphatic heterocycles. The molecule has 0 radical (unpaired) electrons. The number of hydrogen-bond donors (Lipinski definition) is 0. The Morgan fingerprint density at radius 3 is 1.45 bits per heavy atom. The van der Waals surface area contributed by atoms with E-state index in [0.29, 0.717) is 0 Å². The zero-order chi connectivity index (χ0) is 16.3. The number of aryl methyl sites for hydroxylation is 1. The fraction of sp³-hybridized carbons (Fsp3) is 0.333. The fourth-order valence-electron chi connectivity index (χ4n) is 0.984. The third-order valence-corrected chi connectivity index (χ3v) is 1.52. The number of rotatable bonds is 2. The Hall–Kier alpha value is -1.55. The van der Waals surface area contributed by atoms with Gasteiger partial charge < -0.3 is 0 Å². The maximum atomic E-state index is 12.5. The largest absolute Gasteiger partial charge is 0.269 e. The minimum Gasteiger partial charge on any atom is -0.269 e. The summed E-state index contributed by atoms with van der Waals surface area (Å²) < 4.78 is 88.9. The summed E-state index contributed by atoms with van der Waals surface area (Å²) in [6.45, 7) is 2.00. The van der Waals surface area contributed by atoms with E-state index in [2.05, 4.69) is 0 Å². The van der Waals surface area contributed by atoms with Crippen LogP contribution >= 0.6 is 0 Å². The van der Waals surface area contributed by atoms with Gasteiger partial charge in [0, 0.05) is 36.6 Å². The second kappa shape index (κ2) is 30.5. The summed E-state index contributed by atoms with van der Waals surface area (Å²) in [5.74, 6) is -1.53. The molecule has 20 heavy (non-hydrogen) atoms. The normalized spacial score (nSPS) is 6.75. The van der Waals surface area contributed by atoms with Crippen LogP contribution in [0.25, 0.3) is 0 Å². The Bertz CT molecular complexity index is 256. The summed E-state index contributed by atoms with van der Waals surface area (Å²) in [5.41, 5.74) is 0.853. The Kier molecular flexibility index (Phi) is 47.3. The fourth-order valence-corrected chi connectivity index (χ4v) is 0.984. The van der Waals surface area contributed by atoms with Crippen molar-refractivity contribution < 1.29 is 50.1 Å². The van der Waals surface area contributed by atoms with Gasteiger partial charge in [0.2, 0.25) is 0 Å². The summed E-state index contributed by atoms with van der Waals surface area (Å²) in [4.78, 5) is 0. The van der Waals surface area contributed by atoms with Crippen LogP contribution in [0.15, 0.2) is 18.2 Å². The van der Waals surface area contributed by atoms with Crippen molar-refractivity contribution in [3.05, 3.63) is 35.4 Å². The van der Waals surface area contributed by atoms with Crippen LogP contribution in [0.2, 0.25) is 0 Å². The maximum absolute atomic E-state index is 12.5. The predicted octanol–water partition coefficient (Wildman–Crippen LogP) is 6.43. The van der Waals surface area contributed by atoms with E-state index in [4.69, 9.17) is 36.6 Å². The van der Waals surface area contributed by atoms with Crippen molar-refractivity contribution in [3.8, 4) is 0 Å². The number of hydrogen-bond acceptors (Lipinski definition) is 0. The standard InChI is InChI=1S/C9H10F2.4F2.FH/c1-2-3-7-4-5-8(10)9(11)6-7;4*1-2;/h4-6H,2-3H2,1H3;;;;;1H. The van der Waals surface area contributed by atoms with E-state index in [-0.39, 0.29) is 4.70 Å². The molecule has 0 fully saturated rings. The number of halogens is 11. The van der Waals surface area contributed by atoms with Crippen LogP contribution < -0.4 is 0 Å². The van der Waals surface area contributed by atoms with Crippen molar-refractivity contribution in [1.82, 2.24) is 0 Å². The Morgan fingerprint density at radius 1 is 0.750 bits per heavy atom. The lowest BCUT2D eigenvalue weighted by atomic mass is 10.1. The Balaban J connectivity index is -0.0000000722. The first-order valence-electron chi connectivity index (χ1n) is 4.25. The molecule has 0 N–H and O–H groups in total. The summed E-state index contributed by atoms with van der Waals surface area (Å²) in [6, 6.07) is 4.03. The zero-order valence-corrected chi connectivity index (χ0v) is 9.83. The van der Waals surface area contributed by atoms with E-state index in [1.54, 1.807) is 6.07 Å². The third kappa shape index (κ3) is 18.8. The number of benzene rings is 1. The Labute approximate surface area is 106 Å². The highest BCUT2D eigenvalue weighted by Gasteiger charge is 2.00. The first-order chi connectivity index (χ1) is 9.24. The monoisotopic (exact) mass is 328 g/mol. The van der Waals surface area contributed by atoms with E-state index in [1.165, 1.54) is 12.1 Å². The average Bonchev–Trinajstić information content (AvgIpc) is 2.51. The molecule has 124 valence electrons. The van der Waals surface area contributed by atoms with Crippen LogP contribution in [-0.2, 0) is 6.42 Å². The molecule has 0 aromatic heterocycles. The molecule has 0 amide bonds. The van der Waals surface area contributed by atoms with Crippen LogP contribution in [0.3, 0.4) is 0 Å². The molecule has 0 bridgehead atoms. The van der Waals surface area contributed by atoms with Gasteiger partial charge in [0.1, 0.15) is 0 Å². The second-order valence-electron chi connectivity index (χ2n) is 2.50. The van der Waals surface area contributed by atoms with Crippen LogP contribution in [0.4, 0.5) is 50.1 Å². The first kappa shape index (κ1) is 31.1. The molecule has 0 unspecified atom stereocenters. The van der Waals surface area contributed by atoms with E-state index in [1.807, 2.05) is 6.92 Å². The van der Waals surface area contributed by atoms with Crippen LogP contribution in [0, 0.1) is 11.6 Å². The molecule has 0 saturated carbocycles. The summed E-state index contributed by atoms with van der Waals surface area (Å²) in [5, 5.41) is 0. The van der Waals surface area contributed by atoms with E-state index in [9.17, 15) is 8.78 Å². The van der Waals surface area contributed by atoms with Gasteiger partial charge >= 0.3 is 0 Å². The second-order valence-corrected chi connectivity index (χ2v) is 2.50. The van der Waals surface area contributed by atoms with Crippen LogP contribution in [0.1, 0.15) is 18.9 Å². The first-order valence-corrected chi connectivity index (χ1v) is 4.25. The van der Waals surface area contributed by atoms with Gasteiger partial charge in [0.25, 0.3) is 0 Å². The average molecular weight is 328 g/mol. The lowest BCUT2D eigenvalue weighted by molar-refractivity contribution is 0.108. The van der Waals surface area contributed by atoms with Gasteiger partial charge in [-0.2, -0.15) is 0 Å². The highest BCUT2D eigenvalue weighted by atomic mass is 20.0. The molecule has 0 heterocycles. The molecule has 0 spiro atoms. The lowest BCUT2D eigenvalue weighted by Gasteiger charge is -1.98. The van der Waals surface area contributed by atoms with E-state index < -0.39 is 11.6 Å². The topological polar surface area (TPSA) is 0 Å². The zero-order valence-electron chi connectivity index (χ0n) is 9.83. The highest BCUT2D eigenvalue weighted by Crippen LogP contribution is 2.09. The maximum Gasteiger partial charge on any atom is 0.159 e. The van der Waals surface area contributed by atoms with Gasteiger partial charge in [-0.15, -0.1) is 0 Å². The van der Waals surface area contributed by atoms with Crippen molar-refractivity contribution in [2.45, 2.75) is 19.8 Å². The molecular weight excluding hydrogens is 317 g/mol. The van der Waals surface area contributed by atoms with Gasteiger partial charge in [0.15, 0.2) is 11.6 Å². The molecule has 11 heteroatoms. The van der Waals surface area contributed by atoms with E-state index in [0.717, 1.165) is 18.4 Å². The van der Waals surface area contributed by atoms with Crippen molar-refractivity contribution >= 4 is 0 Å². The van der Waals surface area contributed by atoms with Crippen molar-refractivity contribution in [1.29, 1.82) is 0 Å². The van der Waals surface area contributed by atoms with Gasteiger partial charge in [-0.3, -0.25) is 4.70 Å². The third-order valence-electron chi connectivity index (χ3n) is 1.52. The molecular formula is C9H11F11. The molecule has 0 nitrogen and oxygen atoms in total. The van der Waals surface area contributed by atoms with Gasteiger partial charge in [-0.05, 0) is 24.1 Å². The summed E-state index contributed by atoms with van der Waals surface area (Å²) in [7, 11) is 0. The Morgan fingerprint density at radius 2 is 1.15 bits per heavy atom. The predicted molar refractivity (Wildman–Crippen MR) is 51.7 cm³/mol. The summed E-state index contributed by atoms with van der Waals surface area (Å²) in [6.07, 6.45) is 1.75. The minimum atomic E-state index is -0.773. The molecule has 0 saturated heterocycles. The molecule has 1 rings (SSSR count). The van der Waals surface area contributed by atoms with Crippen LogP contribution in [0.5, 0.6) is 0 Å². The van der Waals surface area contributed by atoms with Crippen molar-refractivity contribution in [2.24, 2.45) is 0 Å². The minimum absolute atomic E-state index is 0. The molecule has 1 aromatic rings. The van der Waals surface area contributed by atoms with Crippen LogP contribution in [-0.4, -0.2) is 0 Å². The molecule has 1 aromatic carbocycles. The molecule has 0 atom stereocenters.